The molecule has 0 bridgehead atoms. The first-order valence-corrected chi connectivity index (χ1v) is 3.61. The molecule has 1 heterocycles. The van der Waals surface area contributed by atoms with Crippen molar-refractivity contribution in [3.05, 3.63) is 29.2 Å². The number of hydrogen-bond donors (Lipinski definition) is 0. The van der Waals surface area contributed by atoms with Crippen molar-refractivity contribution >= 4 is 6.08 Å². The largest absolute Gasteiger partial charge is 0.468 e. The van der Waals surface area contributed by atoms with E-state index >= 15 is 0 Å². The molecule has 52 valence electrons. The molecule has 1 aromatic heterocycles. The third-order valence-electron chi connectivity index (χ3n) is 1.93. The average molecular weight is 134 g/mol. The molecule has 1 nitrogen and oxygen atoms in total. The number of aryl methyl sites for hydroxylation is 2. The molecular formula is C9H10O. The summed E-state index contributed by atoms with van der Waals surface area (Å²) in [7, 11) is 0. The summed E-state index contributed by atoms with van der Waals surface area (Å²) in [6.45, 7) is 2.08. The minimum Gasteiger partial charge on any atom is -0.468 e. The molecule has 1 aliphatic rings. The van der Waals surface area contributed by atoms with E-state index < -0.39 is 0 Å². The highest BCUT2D eigenvalue weighted by molar-refractivity contribution is 5.57. The van der Waals surface area contributed by atoms with E-state index in [4.69, 9.17) is 4.42 Å². The van der Waals surface area contributed by atoms with Crippen LogP contribution in [-0.2, 0) is 6.42 Å². The molecule has 0 spiro atoms. The summed E-state index contributed by atoms with van der Waals surface area (Å²) in [6.07, 6.45) is 8.38. The number of hydrogen-bond acceptors (Lipinski definition) is 1. The first-order valence-electron chi connectivity index (χ1n) is 3.61. The van der Waals surface area contributed by atoms with Crippen LogP contribution in [0.1, 0.15) is 23.3 Å². The highest BCUT2D eigenvalue weighted by Gasteiger charge is 2.09. The molecule has 0 radical (unpaired) electrons. The Labute approximate surface area is 60.4 Å². The molecule has 0 N–H and O–H groups in total. The van der Waals surface area contributed by atoms with Gasteiger partial charge in [0, 0.05) is 12.0 Å². The van der Waals surface area contributed by atoms with Gasteiger partial charge in [0.15, 0.2) is 0 Å². The first kappa shape index (κ1) is 5.78. The zero-order chi connectivity index (χ0) is 6.97. The fraction of sp³-hybridized carbons (Fsp3) is 0.333. The van der Waals surface area contributed by atoms with Gasteiger partial charge in [0.1, 0.15) is 5.76 Å². The van der Waals surface area contributed by atoms with Crippen LogP contribution in [0.3, 0.4) is 0 Å². The van der Waals surface area contributed by atoms with E-state index in [-0.39, 0.29) is 0 Å². The Hall–Kier alpha value is -0.980. The lowest BCUT2D eigenvalue weighted by atomic mass is 10.0. The zero-order valence-corrected chi connectivity index (χ0v) is 6.05. The molecular weight excluding hydrogens is 124 g/mol. The lowest BCUT2D eigenvalue weighted by molar-refractivity contribution is 0.506. The van der Waals surface area contributed by atoms with Gasteiger partial charge in [-0.2, -0.15) is 0 Å². The Bertz CT molecular complexity index is 268. The SMILES string of the molecule is Cc1coc2c1C=CCC2. The van der Waals surface area contributed by atoms with Crippen LogP contribution in [0.25, 0.3) is 6.08 Å². The van der Waals surface area contributed by atoms with Crippen molar-refractivity contribution in [2.24, 2.45) is 0 Å². The van der Waals surface area contributed by atoms with E-state index in [1.54, 1.807) is 0 Å². The van der Waals surface area contributed by atoms with Gasteiger partial charge in [-0.05, 0) is 18.9 Å². The van der Waals surface area contributed by atoms with Gasteiger partial charge >= 0.3 is 0 Å². The number of rotatable bonds is 0. The monoisotopic (exact) mass is 134 g/mol. The molecule has 1 aromatic rings. The summed E-state index contributed by atoms with van der Waals surface area (Å²) >= 11 is 0. The van der Waals surface area contributed by atoms with Crippen molar-refractivity contribution in [1.29, 1.82) is 0 Å². The van der Waals surface area contributed by atoms with Gasteiger partial charge in [-0.3, -0.25) is 0 Å². The van der Waals surface area contributed by atoms with Crippen LogP contribution in [0, 0.1) is 6.92 Å². The van der Waals surface area contributed by atoms with E-state index in [9.17, 15) is 0 Å². The van der Waals surface area contributed by atoms with Crippen LogP contribution in [0.15, 0.2) is 16.8 Å². The summed E-state index contributed by atoms with van der Waals surface area (Å²) in [5.74, 6) is 1.15. The maximum absolute atomic E-state index is 5.34. The normalized spacial score (nSPS) is 15.3. The Morgan fingerprint density at radius 1 is 1.50 bits per heavy atom. The second kappa shape index (κ2) is 2.01. The second-order valence-corrected chi connectivity index (χ2v) is 2.70. The van der Waals surface area contributed by atoms with Crippen molar-refractivity contribution in [2.45, 2.75) is 19.8 Å². The van der Waals surface area contributed by atoms with E-state index in [0.29, 0.717) is 0 Å². The maximum Gasteiger partial charge on any atom is 0.111 e. The minimum atomic E-state index is 1.07. The Morgan fingerprint density at radius 2 is 2.40 bits per heavy atom. The molecule has 0 aromatic carbocycles. The van der Waals surface area contributed by atoms with Gasteiger partial charge in [-0.15, -0.1) is 0 Å². The summed E-state index contributed by atoms with van der Waals surface area (Å²) in [5, 5.41) is 0. The second-order valence-electron chi connectivity index (χ2n) is 2.70. The van der Waals surface area contributed by atoms with Crippen molar-refractivity contribution in [2.75, 3.05) is 0 Å². The van der Waals surface area contributed by atoms with Gasteiger partial charge in [0.05, 0.1) is 6.26 Å². The van der Waals surface area contributed by atoms with Gasteiger partial charge in [-0.25, -0.2) is 0 Å². The molecule has 10 heavy (non-hydrogen) atoms. The van der Waals surface area contributed by atoms with Crippen molar-refractivity contribution in [3.8, 4) is 0 Å². The van der Waals surface area contributed by atoms with Crippen LogP contribution in [0.2, 0.25) is 0 Å². The standard InChI is InChI=1S/C9H10O/c1-7-6-10-9-5-3-2-4-8(7)9/h2,4,6H,3,5H2,1H3. The molecule has 0 saturated heterocycles. The Balaban J connectivity index is 2.57. The molecule has 0 unspecified atom stereocenters. The van der Waals surface area contributed by atoms with Crippen molar-refractivity contribution < 1.29 is 4.42 Å². The molecule has 1 heteroatoms. The summed E-state index contributed by atoms with van der Waals surface area (Å²) in [6, 6.07) is 0. The van der Waals surface area contributed by atoms with E-state index in [0.717, 1.165) is 18.6 Å². The topological polar surface area (TPSA) is 13.1 Å². The lowest BCUT2D eigenvalue weighted by Gasteiger charge is -2.01. The van der Waals surface area contributed by atoms with Gasteiger partial charge in [-0.1, -0.05) is 12.2 Å². The molecule has 0 atom stereocenters. The molecule has 0 aliphatic heterocycles. The van der Waals surface area contributed by atoms with Crippen molar-refractivity contribution in [1.82, 2.24) is 0 Å². The highest BCUT2D eigenvalue weighted by Crippen LogP contribution is 2.23. The molecule has 0 amide bonds. The highest BCUT2D eigenvalue weighted by atomic mass is 16.3. The van der Waals surface area contributed by atoms with E-state index in [1.165, 1.54) is 11.1 Å². The molecule has 2 rings (SSSR count). The first-order chi connectivity index (χ1) is 4.88. The lowest BCUT2D eigenvalue weighted by Crippen LogP contribution is -1.89. The van der Waals surface area contributed by atoms with Crippen LogP contribution in [0.5, 0.6) is 0 Å². The quantitative estimate of drug-likeness (QED) is 0.531. The smallest absolute Gasteiger partial charge is 0.111 e. The predicted molar refractivity (Wildman–Crippen MR) is 40.8 cm³/mol. The zero-order valence-electron chi connectivity index (χ0n) is 6.05. The third-order valence-corrected chi connectivity index (χ3v) is 1.93. The summed E-state index contributed by atoms with van der Waals surface area (Å²) in [5.41, 5.74) is 2.55. The van der Waals surface area contributed by atoms with Gasteiger partial charge < -0.3 is 4.42 Å². The molecule has 0 saturated carbocycles. The number of fused-ring (bicyclic) bond motifs is 1. The molecule has 0 fully saturated rings. The van der Waals surface area contributed by atoms with Crippen LogP contribution in [-0.4, -0.2) is 0 Å². The number of allylic oxidation sites excluding steroid dienone is 1. The maximum atomic E-state index is 5.34. The third kappa shape index (κ3) is 0.703. The predicted octanol–water partition coefficient (Wildman–Crippen LogP) is 2.55. The minimum absolute atomic E-state index is 1.07. The van der Waals surface area contributed by atoms with Crippen LogP contribution in [0.4, 0.5) is 0 Å². The van der Waals surface area contributed by atoms with Crippen LogP contribution < -0.4 is 0 Å². The van der Waals surface area contributed by atoms with E-state index in [2.05, 4.69) is 19.1 Å². The Morgan fingerprint density at radius 3 is 3.20 bits per heavy atom. The molecule has 1 aliphatic carbocycles. The van der Waals surface area contributed by atoms with Crippen molar-refractivity contribution in [3.63, 3.8) is 0 Å². The Kier molecular flexibility index (Phi) is 1.16. The van der Waals surface area contributed by atoms with Gasteiger partial charge in [0.2, 0.25) is 0 Å². The number of furan rings is 1. The fourth-order valence-corrected chi connectivity index (χ4v) is 1.34. The van der Waals surface area contributed by atoms with Crippen LogP contribution >= 0.6 is 0 Å². The fourth-order valence-electron chi connectivity index (χ4n) is 1.34. The van der Waals surface area contributed by atoms with Gasteiger partial charge in [0.25, 0.3) is 0 Å². The van der Waals surface area contributed by atoms with E-state index in [1.807, 2.05) is 6.26 Å². The summed E-state index contributed by atoms with van der Waals surface area (Å²) < 4.78 is 5.34. The summed E-state index contributed by atoms with van der Waals surface area (Å²) in [4.78, 5) is 0. The average Bonchev–Trinajstić information content (AvgIpc) is 2.34.